The second-order valence-electron chi connectivity index (χ2n) is 6.57. The Hall–Kier alpha value is -2.64. The Morgan fingerprint density at radius 1 is 1.12 bits per heavy atom. The molecule has 1 aliphatic rings. The van der Waals surface area contributed by atoms with Crippen LogP contribution in [0.4, 0.5) is 0 Å². The summed E-state index contributed by atoms with van der Waals surface area (Å²) in [6, 6.07) is 4.08. The maximum Gasteiger partial charge on any atom is 0.115 e. The van der Waals surface area contributed by atoms with E-state index in [1.54, 1.807) is 12.4 Å². The molecular weight excluding hydrogens is 328 g/mol. The molecule has 4 rings (SSSR count). The Labute approximate surface area is 152 Å². The van der Waals surface area contributed by atoms with Crippen LogP contribution < -0.4 is 0 Å². The second kappa shape index (κ2) is 7.31. The highest BCUT2D eigenvalue weighted by atomic mass is 16.5. The average molecular weight is 350 g/mol. The van der Waals surface area contributed by atoms with Crippen molar-refractivity contribution in [3.63, 3.8) is 0 Å². The third kappa shape index (κ3) is 3.49. The molecule has 7 heteroatoms. The zero-order valence-electron chi connectivity index (χ0n) is 15.0. The van der Waals surface area contributed by atoms with Crippen molar-refractivity contribution in [3.05, 3.63) is 60.2 Å². The van der Waals surface area contributed by atoms with E-state index in [1.165, 1.54) is 17.6 Å². The predicted molar refractivity (Wildman–Crippen MR) is 97.2 cm³/mol. The zero-order valence-corrected chi connectivity index (χ0v) is 15.0. The molecular formula is C19H22N6O. The Balaban J connectivity index is 1.45. The van der Waals surface area contributed by atoms with Crippen LogP contribution in [-0.2, 0) is 18.3 Å². The Bertz CT molecular complexity index is 861. The molecule has 1 aliphatic heterocycles. The van der Waals surface area contributed by atoms with Gasteiger partial charge < -0.3 is 4.74 Å². The molecule has 1 fully saturated rings. The lowest BCUT2D eigenvalue weighted by Crippen LogP contribution is -2.38. The van der Waals surface area contributed by atoms with E-state index in [9.17, 15) is 0 Å². The molecule has 3 aromatic rings. The van der Waals surface area contributed by atoms with Crippen LogP contribution >= 0.6 is 0 Å². The second-order valence-corrected chi connectivity index (χ2v) is 6.57. The minimum Gasteiger partial charge on any atom is -0.369 e. The first-order chi connectivity index (χ1) is 12.7. The van der Waals surface area contributed by atoms with Crippen LogP contribution in [0.2, 0.25) is 0 Å². The molecule has 134 valence electrons. The van der Waals surface area contributed by atoms with Gasteiger partial charge in [-0.2, -0.15) is 5.10 Å². The number of rotatable bonds is 4. The van der Waals surface area contributed by atoms with Crippen molar-refractivity contribution in [2.75, 3.05) is 19.7 Å². The summed E-state index contributed by atoms with van der Waals surface area (Å²) in [5, 5.41) is 4.33. The van der Waals surface area contributed by atoms with E-state index >= 15 is 0 Å². The molecule has 0 N–H and O–H groups in total. The fourth-order valence-electron chi connectivity index (χ4n) is 3.18. The summed E-state index contributed by atoms with van der Waals surface area (Å²) in [6.45, 7) is 5.45. The van der Waals surface area contributed by atoms with Crippen molar-refractivity contribution in [2.45, 2.75) is 19.6 Å². The maximum absolute atomic E-state index is 5.96. The molecule has 0 saturated carbocycles. The van der Waals surface area contributed by atoms with Gasteiger partial charge in [0.1, 0.15) is 12.4 Å². The van der Waals surface area contributed by atoms with Gasteiger partial charge in [-0.05, 0) is 13.0 Å². The highest BCUT2D eigenvalue weighted by Gasteiger charge is 2.24. The summed E-state index contributed by atoms with van der Waals surface area (Å²) in [5.41, 5.74) is 5.40. The SMILES string of the molecule is Cc1c(CN2CCO[C@@H](c3ccc(-c4cncnc4)cn3)C2)cnn1C. The van der Waals surface area contributed by atoms with Gasteiger partial charge in [0, 0.05) is 67.7 Å². The Morgan fingerprint density at radius 3 is 2.65 bits per heavy atom. The lowest BCUT2D eigenvalue weighted by molar-refractivity contribution is -0.0350. The Morgan fingerprint density at radius 2 is 1.96 bits per heavy atom. The number of nitrogens with zero attached hydrogens (tertiary/aromatic N) is 6. The van der Waals surface area contributed by atoms with Gasteiger partial charge in [-0.15, -0.1) is 0 Å². The van der Waals surface area contributed by atoms with Crippen molar-refractivity contribution in [1.29, 1.82) is 0 Å². The monoisotopic (exact) mass is 350 g/mol. The quantitative estimate of drug-likeness (QED) is 0.718. The molecule has 3 aromatic heterocycles. The predicted octanol–water partition coefficient (Wildman–Crippen LogP) is 2.15. The number of ether oxygens (including phenoxy) is 1. The fraction of sp³-hybridized carbons (Fsp3) is 0.368. The summed E-state index contributed by atoms with van der Waals surface area (Å²) in [5.74, 6) is 0. The zero-order chi connectivity index (χ0) is 17.9. The van der Waals surface area contributed by atoms with Crippen LogP contribution in [0.25, 0.3) is 11.1 Å². The van der Waals surface area contributed by atoms with E-state index in [1.807, 2.05) is 30.2 Å². The molecule has 0 spiro atoms. The standard InChI is InChI=1S/C19H22N6O/c1-14-17(10-23-24(14)2)11-25-5-6-26-19(12-25)18-4-3-15(9-22-18)16-7-20-13-21-8-16/h3-4,7-10,13,19H,5-6,11-12H2,1-2H3/t19-/m1/s1. The van der Waals surface area contributed by atoms with Crippen molar-refractivity contribution >= 4 is 0 Å². The van der Waals surface area contributed by atoms with Gasteiger partial charge in [-0.3, -0.25) is 14.6 Å². The van der Waals surface area contributed by atoms with Crippen LogP contribution in [0.15, 0.2) is 43.2 Å². The smallest absolute Gasteiger partial charge is 0.115 e. The minimum absolute atomic E-state index is 0.0122. The minimum atomic E-state index is -0.0122. The summed E-state index contributed by atoms with van der Waals surface area (Å²) in [6.07, 6.45) is 8.91. The van der Waals surface area contributed by atoms with E-state index in [4.69, 9.17) is 4.74 Å². The Kier molecular flexibility index (Phi) is 4.73. The van der Waals surface area contributed by atoms with E-state index in [0.29, 0.717) is 6.61 Å². The molecule has 4 heterocycles. The maximum atomic E-state index is 5.96. The molecule has 0 unspecified atom stereocenters. The van der Waals surface area contributed by atoms with Crippen LogP contribution in [0.1, 0.15) is 23.1 Å². The number of hydrogen-bond acceptors (Lipinski definition) is 6. The van der Waals surface area contributed by atoms with E-state index < -0.39 is 0 Å². The van der Waals surface area contributed by atoms with Crippen molar-refractivity contribution in [1.82, 2.24) is 29.6 Å². The number of aryl methyl sites for hydroxylation is 1. The molecule has 26 heavy (non-hydrogen) atoms. The number of pyridine rings is 1. The molecule has 0 aliphatic carbocycles. The summed E-state index contributed by atoms with van der Waals surface area (Å²) in [7, 11) is 1.98. The number of aromatic nitrogens is 5. The molecule has 0 radical (unpaired) electrons. The van der Waals surface area contributed by atoms with Crippen molar-refractivity contribution in [3.8, 4) is 11.1 Å². The van der Waals surface area contributed by atoms with E-state index in [0.717, 1.165) is 36.5 Å². The first kappa shape index (κ1) is 16.8. The molecule has 0 bridgehead atoms. The topological polar surface area (TPSA) is 69.0 Å². The summed E-state index contributed by atoms with van der Waals surface area (Å²) in [4.78, 5) is 15.1. The number of hydrogen-bond donors (Lipinski definition) is 0. The fourth-order valence-corrected chi connectivity index (χ4v) is 3.18. The highest BCUT2D eigenvalue weighted by molar-refractivity contribution is 5.60. The molecule has 7 nitrogen and oxygen atoms in total. The van der Waals surface area contributed by atoms with Crippen LogP contribution in [-0.4, -0.2) is 49.3 Å². The number of morpholine rings is 1. The summed E-state index contributed by atoms with van der Waals surface area (Å²) < 4.78 is 7.88. The lowest BCUT2D eigenvalue weighted by Gasteiger charge is -2.32. The van der Waals surface area contributed by atoms with Gasteiger partial charge >= 0.3 is 0 Å². The average Bonchev–Trinajstić information content (AvgIpc) is 3.01. The largest absolute Gasteiger partial charge is 0.369 e. The summed E-state index contributed by atoms with van der Waals surface area (Å²) >= 11 is 0. The van der Waals surface area contributed by atoms with Gasteiger partial charge in [-0.1, -0.05) is 6.07 Å². The van der Waals surface area contributed by atoms with Gasteiger partial charge in [-0.25, -0.2) is 9.97 Å². The molecule has 1 atom stereocenters. The van der Waals surface area contributed by atoms with Gasteiger partial charge in [0.2, 0.25) is 0 Å². The normalized spacial score (nSPS) is 18.2. The van der Waals surface area contributed by atoms with Crippen molar-refractivity contribution < 1.29 is 4.74 Å². The van der Waals surface area contributed by atoms with Gasteiger partial charge in [0.05, 0.1) is 18.5 Å². The van der Waals surface area contributed by atoms with Gasteiger partial charge in [0.25, 0.3) is 0 Å². The lowest BCUT2D eigenvalue weighted by atomic mass is 10.1. The molecule has 0 amide bonds. The van der Waals surface area contributed by atoms with Crippen molar-refractivity contribution in [2.24, 2.45) is 7.05 Å². The third-order valence-corrected chi connectivity index (χ3v) is 4.89. The van der Waals surface area contributed by atoms with Crippen LogP contribution in [0.5, 0.6) is 0 Å². The molecule has 0 aromatic carbocycles. The third-order valence-electron chi connectivity index (χ3n) is 4.89. The van der Waals surface area contributed by atoms with E-state index in [-0.39, 0.29) is 6.10 Å². The first-order valence-corrected chi connectivity index (χ1v) is 8.73. The molecule has 1 saturated heterocycles. The van der Waals surface area contributed by atoms with Gasteiger partial charge in [0.15, 0.2) is 0 Å². The van der Waals surface area contributed by atoms with Crippen LogP contribution in [0, 0.1) is 6.92 Å². The highest BCUT2D eigenvalue weighted by Crippen LogP contribution is 2.24. The van der Waals surface area contributed by atoms with E-state index in [2.05, 4.69) is 37.9 Å². The van der Waals surface area contributed by atoms with Crippen LogP contribution in [0.3, 0.4) is 0 Å². The first-order valence-electron chi connectivity index (χ1n) is 8.73.